The zero-order valence-corrected chi connectivity index (χ0v) is 19.8. The van der Waals surface area contributed by atoms with Gasteiger partial charge in [-0.25, -0.2) is 0 Å². The summed E-state index contributed by atoms with van der Waals surface area (Å²) in [5, 5.41) is 7.16. The highest BCUT2D eigenvalue weighted by Gasteiger charge is 2.23. The minimum Gasteiger partial charge on any atom is -0.355 e. The van der Waals surface area contributed by atoms with Crippen molar-refractivity contribution in [2.24, 2.45) is 4.99 Å². The lowest BCUT2D eigenvalue weighted by atomic mass is 10.0. The highest BCUT2D eigenvalue weighted by molar-refractivity contribution is 14.0. The number of halogens is 1. The number of piperidine rings is 1. The average molecular weight is 501 g/mol. The predicted octanol–water partition coefficient (Wildman–Crippen LogP) is 1.07. The molecule has 8 heteroatoms. The van der Waals surface area contributed by atoms with E-state index in [1.807, 2.05) is 19.3 Å². The number of likely N-dealkylation sites (tertiary alicyclic amines) is 1. The second kappa shape index (κ2) is 11.9. The van der Waals surface area contributed by atoms with Gasteiger partial charge in [-0.2, -0.15) is 0 Å². The van der Waals surface area contributed by atoms with Crippen LogP contribution in [0.3, 0.4) is 0 Å². The van der Waals surface area contributed by atoms with E-state index < -0.39 is 0 Å². The number of guanidine groups is 1. The molecule has 158 valence electrons. The first-order valence-corrected chi connectivity index (χ1v) is 10.1. The molecule has 7 nitrogen and oxygen atoms in total. The fraction of sp³-hybridized carbons (Fsp3) is 0.700. The fourth-order valence-electron chi connectivity index (χ4n) is 3.88. The van der Waals surface area contributed by atoms with Gasteiger partial charge in [-0.1, -0.05) is 6.07 Å². The van der Waals surface area contributed by atoms with Crippen molar-refractivity contribution < 1.29 is 0 Å². The first-order chi connectivity index (χ1) is 13.1. The minimum atomic E-state index is 0. The molecule has 1 unspecified atom stereocenters. The van der Waals surface area contributed by atoms with Crippen molar-refractivity contribution in [3.05, 3.63) is 30.1 Å². The summed E-state index contributed by atoms with van der Waals surface area (Å²) in [5.74, 6) is 0.930. The van der Waals surface area contributed by atoms with Gasteiger partial charge in [-0.3, -0.25) is 19.8 Å². The number of likely N-dealkylation sites (N-methyl/N-ethyl adjacent to an activating group) is 2. The van der Waals surface area contributed by atoms with Crippen LogP contribution in [0.15, 0.2) is 29.4 Å². The smallest absolute Gasteiger partial charge is 0.191 e. The van der Waals surface area contributed by atoms with E-state index in [0.717, 1.165) is 70.3 Å². The van der Waals surface area contributed by atoms with Gasteiger partial charge in [-0.15, -0.1) is 24.0 Å². The van der Waals surface area contributed by atoms with Gasteiger partial charge in [0.15, 0.2) is 5.96 Å². The number of hydrogen-bond donors (Lipinski definition) is 2. The maximum Gasteiger partial charge on any atom is 0.191 e. The SMILES string of the molecule is CN=C(NCC1CN(C)CCN1C)NC1CCN(Cc2ccccn2)CC1.I. The molecule has 3 rings (SSSR count). The van der Waals surface area contributed by atoms with Crippen LogP contribution in [0.2, 0.25) is 0 Å². The van der Waals surface area contributed by atoms with Crippen LogP contribution in [0.4, 0.5) is 0 Å². The lowest BCUT2D eigenvalue weighted by Crippen LogP contribution is -2.56. The Hall–Kier alpha value is -0.970. The van der Waals surface area contributed by atoms with E-state index in [2.05, 4.69) is 61.5 Å². The summed E-state index contributed by atoms with van der Waals surface area (Å²) in [6.07, 6.45) is 4.15. The van der Waals surface area contributed by atoms with Crippen molar-refractivity contribution >= 4 is 29.9 Å². The standard InChI is InChI=1S/C20H35N7.HI/c1-21-20(23-14-19-16-25(2)12-13-26(19)3)24-17-7-10-27(11-8-17)15-18-6-4-5-9-22-18;/h4-6,9,17,19H,7-8,10-16H2,1-3H3,(H2,21,23,24);1H. The van der Waals surface area contributed by atoms with Crippen molar-refractivity contribution in [3.8, 4) is 0 Å². The maximum absolute atomic E-state index is 4.44. The summed E-state index contributed by atoms with van der Waals surface area (Å²) in [6.45, 7) is 7.46. The Bertz CT molecular complexity index is 589. The molecule has 0 radical (unpaired) electrons. The van der Waals surface area contributed by atoms with Gasteiger partial charge in [0, 0.05) is 71.1 Å². The molecule has 3 heterocycles. The van der Waals surface area contributed by atoms with Crippen LogP contribution in [-0.2, 0) is 6.54 Å². The third kappa shape index (κ3) is 7.13. The number of nitrogens with one attached hydrogen (secondary N) is 2. The van der Waals surface area contributed by atoms with E-state index in [0.29, 0.717) is 12.1 Å². The average Bonchev–Trinajstić information content (AvgIpc) is 2.69. The van der Waals surface area contributed by atoms with Crippen LogP contribution in [0, 0.1) is 0 Å². The van der Waals surface area contributed by atoms with Crippen LogP contribution in [0.25, 0.3) is 0 Å². The summed E-state index contributed by atoms with van der Waals surface area (Å²) in [5.41, 5.74) is 1.16. The molecule has 2 aliphatic heterocycles. The highest BCUT2D eigenvalue weighted by Crippen LogP contribution is 2.13. The molecule has 2 aliphatic rings. The summed E-state index contributed by atoms with van der Waals surface area (Å²) < 4.78 is 0. The number of aromatic nitrogens is 1. The molecule has 0 saturated carbocycles. The van der Waals surface area contributed by atoms with Crippen molar-refractivity contribution in [1.29, 1.82) is 0 Å². The Morgan fingerprint density at radius 3 is 2.64 bits per heavy atom. The summed E-state index contributed by atoms with van der Waals surface area (Å²) in [6, 6.07) is 7.16. The van der Waals surface area contributed by atoms with Gasteiger partial charge in [0.2, 0.25) is 0 Å². The number of piperazine rings is 1. The van der Waals surface area contributed by atoms with E-state index in [1.54, 1.807) is 0 Å². The number of pyridine rings is 1. The molecule has 0 spiro atoms. The molecule has 0 bridgehead atoms. The third-order valence-corrected chi connectivity index (χ3v) is 5.75. The van der Waals surface area contributed by atoms with Crippen LogP contribution in [0.1, 0.15) is 18.5 Å². The highest BCUT2D eigenvalue weighted by atomic mass is 127. The number of rotatable bonds is 5. The Balaban J connectivity index is 0.00000280. The topological polar surface area (TPSA) is 59.0 Å². The third-order valence-electron chi connectivity index (χ3n) is 5.75. The van der Waals surface area contributed by atoms with Crippen LogP contribution in [0.5, 0.6) is 0 Å². The van der Waals surface area contributed by atoms with E-state index in [-0.39, 0.29) is 24.0 Å². The van der Waals surface area contributed by atoms with Crippen molar-refractivity contribution in [2.75, 3.05) is 60.4 Å². The van der Waals surface area contributed by atoms with Crippen LogP contribution in [-0.4, -0.2) is 98.1 Å². The van der Waals surface area contributed by atoms with Gasteiger partial charge in [0.1, 0.15) is 0 Å². The molecule has 2 saturated heterocycles. The first-order valence-electron chi connectivity index (χ1n) is 10.1. The zero-order chi connectivity index (χ0) is 19.1. The molecule has 2 N–H and O–H groups in total. The second-order valence-corrected chi connectivity index (χ2v) is 7.87. The molecule has 1 aromatic rings. The Morgan fingerprint density at radius 1 is 1.18 bits per heavy atom. The van der Waals surface area contributed by atoms with Gasteiger partial charge in [0.05, 0.1) is 5.69 Å². The number of aliphatic imine (C=N–C) groups is 1. The Labute approximate surface area is 187 Å². The van der Waals surface area contributed by atoms with E-state index in [1.165, 1.54) is 0 Å². The molecule has 28 heavy (non-hydrogen) atoms. The first kappa shape index (κ1) is 23.3. The van der Waals surface area contributed by atoms with Crippen LogP contribution >= 0.6 is 24.0 Å². The summed E-state index contributed by atoms with van der Waals surface area (Å²) in [4.78, 5) is 16.2. The molecular weight excluding hydrogens is 465 g/mol. The normalized spacial score (nSPS) is 23.2. The largest absolute Gasteiger partial charge is 0.355 e. The summed E-state index contributed by atoms with van der Waals surface area (Å²) in [7, 11) is 6.28. The molecule has 0 amide bonds. The molecular formula is C20H36IN7. The molecule has 1 atom stereocenters. The molecule has 0 aliphatic carbocycles. The maximum atomic E-state index is 4.44. The van der Waals surface area contributed by atoms with Gasteiger partial charge in [-0.05, 0) is 39.1 Å². The van der Waals surface area contributed by atoms with E-state index >= 15 is 0 Å². The van der Waals surface area contributed by atoms with E-state index in [9.17, 15) is 0 Å². The molecule has 1 aromatic heterocycles. The minimum absolute atomic E-state index is 0. The van der Waals surface area contributed by atoms with Crippen LogP contribution < -0.4 is 10.6 Å². The van der Waals surface area contributed by atoms with Crippen molar-refractivity contribution in [3.63, 3.8) is 0 Å². The monoisotopic (exact) mass is 501 g/mol. The van der Waals surface area contributed by atoms with Crippen molar-refractivity contribution in [1.82, 2.24) is 30.3 Å². The lowest BCUT2D eigenvalue weighted by molar-refractivity contribution is 0.116. The number of nitrogens with zero attached hydrogens (tertiary/aromatic N) is 5. The van der Waals surface area contributed by atoms with Crippen molar-refractivity contribution in [2.45, 2.75) is 31.5 Å². The van der Waals surface area contributed by atoms with Gasteiger partial charge in [0.25, 0.3) is 0 Å². The Morgan fingerprint density at radius 2 is 1.96 bits per heavy atom. The quantitative estimate of drug-likeness (QED) is 0.358. The second-order valence-electron chi connectivity index (χ2n) is 7.87. The van der Waals surface area contributed by atoms with E-state index in [4.69, 9.17) is 0 Å². The number of hydrogen-bond acceptors (Lipinski definition) is 5. The summed E-state index contributed by atoms with van der Waals surface area (Å²) >= 11 is 0. The zero-order valence-electron chi connectivity index (χ0n) is 17.5. The predicted molar refractivity (Wildman–Crippen MR) is 126 cm³/mol. The lowest BCUT2D eigenvalue weighted by Gasteiger charge is -2.38. The molecule has 2 fully saturated rings. The van der Waals surface area contributed by atoms with Gasteiger partial charge >= 0.3 is 0 Å². The van der Waals surface area contributed by atoms with Gasteiger partial charge < -0.3 is 15.5 Å². The molecule has 0 aromatic carbocycles. The Kier molecular flexibility index (Phi) is 9.90. The fourth-order valence-corrected chi connectivity index (χ4v) is 3.88.